The summed E-state index contributed by atoms with van der Waals surface area (Å²) in [6.45, 7) is 7.89. The van der Waals surface area contributed by atoms with Gasteiger partial charge in [0.05, 0.1) is 18.2 Å². The summed E-state index contributed by atoms with van der Waals surface area (Å²) in [5, 5.41) is 3.42. The maximum absolute atomic E-state index is 14.1. The minimum atomic E-state index is -0.847. The van der Waals surface area contributed by atoms with Crippen LogP contribution in [0, 0.1) is 5.82 Å². The summed E-state index contributed by atoms with van der Waals surface area (Å²) >= 11 is 5.97. The molecule has 0 unspecified atom stereocenters. The number of carbonyl (C=O) groups is 3. The van der Waals surface area contributed by atoms with E-state index in [9.17, 15) is 18.8 Å². The summed E-state index contributed by atoms with van der Waals surface area (Å²) in [5.41, 5.74) is 1.84. The van der Waals surface area contributed by atoms with Crippen LogP contribution in [-0.4, -0.2) is 78.0 Å². The number of nitrogens with one attached hydrogen (secondary N) is 1. The van der Waals surface area contributed by atoms with Crippen molar-refractivity contribution in [2.45, 2.75) is 32.9 Å². The number of nitrogens with zero attached hydrogens (tertiary/aromatic N) is 3. The molecule has 2 aromatic carbocycles. The van der Waals surface area contributed by atoms with Crippen LogP contribution in [0.1, 0.15) is 42.7 Å². The molecular weight excluding hydrogens is 511 g/mol. The Morgan fingerprint density at radius 2 is 1.87 bits per heavy atom. The highest BCUT2D eigenvalue weighted by Gasteiger charge is 2.39. The Kier molecular flexibility index (Phi) is 8.69. The zero-order chi connectivity index (χ0) is 27.4. The van der Waals surface area contributed by atoms with Crippen molar-refractivity contribution < 1.29 is 23.5 Å². The van der Waals surface area contributed by atoms with Crippen LogP contribution in [0.15, 0.2) is 59.8 Å². The molecule has 2 heterocycles. The van der Waals surface area contributed by atoms with E-state index in [-0.39, 0.29) is 30.2 Å². The van der Waals surface area contributed by atoms with Crippen LogP contribution in [0.3, 0.4) is 0 Å². The van der Waals surface area contributed by atoms with E-state index in [1.54, 1.807) is 43.3 Å². The molecule has 1 fully saturated rings. The Balaban J connectivity index is 1.62. The maximum atomic E-state index is 14.1. The Morgan fingerprint density at radius 1 is 1.13 bits per heavy atom. The standard InChI is InChI=1S/C28H32ClFN4O4/c1-4-33-23(17-32-13-14-34(18(3)16-32)26(35)19-9-11-21(29)12-10-19)24(27(36)38-5-2)25(31-28(33)37)20-7-6-8-22(30)15-20/h6-12,15,18,25H,4-5,13-14,16-17H2,1-3H3,(H,31,37)/t18-,25+/m0/s1. The Labute approximate surface area is 227 Å². The largest absolute Gasteiger partial charge is 0.463 e. The van der Waals surface area contributed by atoms with Crippen LogP contribution >= 0.6 is 11.6 Å². The second-order valence-corrected chi connectivity index (χ2v) is 9.79. The number of carbonyl (C=O) groups excluding carboxylic acids is 3. The molecule has 2 aromatic rings. The lowest BCUT2D eigenvalue weighted by Gasteiger charge is -2.43. The van der Waals surface area contributed by atoms with E-state index >= 15 is 0 Å². The number of esters is 1. The zero-order valence-electron chi connectivity index (χ0n) is 21.7. The molecule has 202 valence electrons. The highest BCUT2D eigenvalue weighted by atomic mass is 35.5. The fourth-order valence-electron chi connectivity index (χ4n) is 5.04. The molecule has 2 atom stereocenters. The number of likely N-dealkylation sites (N-methyl/N-ethyl adjacent to an activating group) is 1. The maximum Gasteiger partial charge on any atom is 0.338 e. The van der Waals surface area contributed by atoms with Crippen molar-refractivity contribution in [2.24, 2.45) is 0 Å². The van der Waals surface area contributed by atoms with Crippen molar-refractivity contribution >= 4 is 29.5 Å². The molecule has 0 aliphatic carbocycles. The normalized spacial score (nSPS) is 20.4. The molecule has 0 radical (unpaired) electrons. The SMILES string of the molecule is CCOC(=O)C1=C(CN2CCN(C(=O)c3ccc(Cl)cc3)[C@@H](C)C2)N(CC)C(=O)N[C@@H]1c1cccc(F)c1. The van der Waals surface area contributed by atoms with Crippen LogP contribution in [0.4, 0.5) is 9.18 Å². The fraction of sp³-hybridized carbons (Fsp3) is 0.393. The Hall–Kier alpha value is -3.43. The van der Waals surface area contributed by atoms with Gasteiger partial charge in [-0.2, -0.15) is 0 Å². The summed E-state index contributed by atoms with van der Waals surface area (Å²) < 4.78 is 19.5. The van der Waals surface area contributed by atoms with Crippen molar-refractivity contribution in [3.8, 4) is 0 Å². The van der Waals surface area contributed by atoms with E-state index in [4.69, 9.17) is 16.3 Å². The van der Waals surface area contributed by atoms with Crippen LogP contribution in [0.2, 0.25) is 5.02 Å². The van der Waals surface area contributed by atoms with E-state index in [1.807, 2.05) is 18.7 Å². The number of urea groups is 1. The molecular formula is C28H32ClFN4O4. The highest BCUT2D eigenvalue weighted by molar-refractivity contribution is 6.30. The van der Waals surface area contributed by atoms with Crippen LogP contribution < -0.4 is 5.32 Å². The molecule has 2 aliphatic heterocycles. The average molecular weight is 543 g/mol. The van der Waals surface area contributed by atoms with Gasteiger partial charge in [-0.15, -0.1) is 0 Å². The minimum absolute atomic E-state index is 0.0707. The topological polar surface area (TPSA) is 82.2 Å². The average Bonchev–Trinajstić information content (AvgIpc) is 2.89. The van der Waals surface area contributed by atoms with Gasteiger partial charge in [0.1, 0.15) is 5.82 Å². The third kappa shape index (κ3) is 5.84. The van der Waals surface area contributed by atoms with Gasteiger partial charge in [0.15, 0.2) is 0 Å². The van der Waals surface area contributed by atoms with E-state index < -0.39 is 17.8 Å². The van der Waals surface area contributed by atoms with Gasteiger partial charge in [-0.1, -0.05) is 23.7 Å². The molecule has 0 saturated carbocycles. The Bertz CT molecular complexity index is 1240. The second kappa shape index (κ2) is 12.0. The first-order valence-electron chi connectivity index (χ1n) is 12.8. The molecule has 0 aromatic heterocycles. The third-order valence-electron chi connectivity index (χ3n) is 6.87. The minimum Gasteiger partial charge on any atom is -0.463 e. The van der Waals surface area contributed by atoms with Crippen molar-refractivity contribution in [2.75, 3.05) is 39.3 Å². The van der Waals surface area contributed by atoms with Crippen molar-refractivity contribution in [1.29, 1.82) is 0 Å². The number of amides is 3. The molecule has 8 nitrogen and oxygen atoms in total. The number of halogens is 2. The zero-order valence-corrected chi connectivity index (χ0v) is 22.5. The quantitative estimate of drug-likeness (QED) is 0.530. The number of rotatable bonds is 7. The highest BCUT2D eigenvalue weighted by Crippen LogP contribution is 2.32. The summed E-state index contributed by atoms with van der Waals surface area (Å²) in [5.74, 6) is -1.09. The smallest absolute Gasteiger partial charge is 0.338 e. The van der Waals surface area contributed by atoms with E-state index in [1.165, 1.54) is 17.0 Å². The molecule has 4 rings (SSSR count). The summed E-state index contributed by atoms with van der Waals surface area (Å²) in [4.78, 5) is 44.9. The first kappa shape index (κ1) is 27.6. The van der Waals surface area contributed by atoms with Gasteiger partial charge in [0.25, 0.3) is 5.91 Å². The summed E-state index contributed by atoms with van der Waals surface area (Å²) in [6, 6.07) is 11.3. The van der Waals surface area contributed by atoms with E-state index in [0.717, 1.165) is 0 Å². The molecule has 1 saturated heterocycles. The van der Waals surface area contributed by atoms with Gasteiger partial charge in [-0.25, -0.2) is 14.0 Å². The molecule has 0 bridgehead atoms. The van der Waals surface area contributed by atoms with Crippen LogP contribution in [0.25, 0.3) is 0 Å². The van der Waals surface area contributed by atoms with Crippen molar-refractivity contribution in [3.05, 3.63) is 81.8 Å². The van der Waals surface area contributed by atoms with Crippen LogP contribution in [-0.2, 0) is 9.53 Å². The molecule has 3 amide bonds. The monoisotopic (exact) mass is 542 g/mol. The molecule has 10 heteroatoms. The molecule has 0 spiro atoms. The lowest BCUT2D eigenvalue weighted by atomic mass is 9.94. The number of piperazine rings is 1. The number of hydrogen-bond donors (Lipinski definition) is 1. The van der Waals surface area contributed by atoms with Gasteiger partial charge in [-0.3, -0.25) is 14.6 Å². The molecule has 1 N–H and O–H groups in total. The molecule has 2 aliphatic rings. The van der Waals surface area contributed by atoms with Crippen molar-refractivity contribution in [3.63, 3.8) is 0 Å². The molecule has 38 heavy (non-hydrogen) atoms. The second-order valence-electron chi connectivity index (χ2n) is 9.35. The number of ether oxygens (including phenoxy) is 1. The third-order valence-corrected chi connectivity index (χ3v) is 7.12. The first-order chi connectivity index (χ1) is 18.2. The predicted molar refractivity (Wildman–Crippen MR) is 142 cm³/mol. The lowest BCUT2D eigenvalue weighted by molar-refractivity contribution is -0.139. The van der Waals surface area contributed by atoms with Gasteiger partial charge >= 0.3 is 12.0 Å². The lowest BCUT2D eigenvalue weighted by Crippen LogP contribution is -2.56. The first-order valence-corrected chi connectivity index (χ1v) is 13.1. The van der Waals surface area contributed by atoms with Gasteiger partial charge < -0.3 is 15.0 Å². The fourth-order valence-corrected chi connectivity index (χ4v) is 5.17. The van der Waals surface area contributed by atoms with E-state index in [2.05, 4.69) is 10.2 Å². The van der Waals surface area contributed by atoms with Gasteiger partial charge in [0, 0.05) is 55.0 Å². The summed E-state index contributed by atoms with van der Waals surface area (Å²) in [7, 11) is 0. The van der Waals surface area contributed by atoms with Crippen molar-refractivity contribution in [1.82, 2.24) is 20.0 Å². The van der Waals surface area contributed by atoms with Gasteiger partial charge in [0.2, 0.25) is 0 Å². The number of hydrogen-bond acceptors (Lipinski definition) is 5. The summed E-state index contributed by atoms with van der Waals surface area (Å²) in [6.07, 6.45) is 0. The van der Waals surface area contributed by atoms with Crippen LogP contribution in [0.5, 0.6) is 0 Å². The Morgan fingerprint density at radius 3 is 2.50 bits per heavy atom. The van der Waals surface area contributed by atoms with E-state index in [0.29, 0.717) is 54.6 Å². The van der Waals surface area contributed by atoms with Gasteiger partial charge in [-0.05, 0) is 62.7 Å². The number of benzene rings is 2. The predicted octanol–water partition coefficient (Wildman–Crippen LogP) is 4.23.